The number of unbranched alkanes of at least 4 members (excludes halogenated alkanes) is 12. The molecule has 4 heteroatoms. The molecule has 0 fully saturated rings. The lowest BCUT2D eigenvalue weighted by Crippen LogP contribution is -2.18. The molecule has 0 amide bonds. The largest absolute Gasteiger partial charge is 0.481 e. The van der Waals surface area contributed by atoms with Crippen molar-refractivity contribution >= 4 is 11.9 Å². The summed E-state index contributed by atoms with van der Waals surface area (Å²) in [5, 5.41) is 8.72. The van der Waals surface area contributed by atoms with Gasteiger partial charge in [-0.25, -0.2) is 0 Å². The Hall–Kier alpha value is -2.10. The molecule has 0 saturated heterocycles. The average Bonchev–Trinajstić information content (AvgIpc) is 2.93. The van der Waals surface area contributed by atoms with E-state index in [0.29, 0.717) is 6.42 Å². The monoisotopic (exact) mass is 558 g/mol. The van der Waals surface area contributed by atoms with Crippen molar-refractivity contribution in [2.45, 2.75) is 168 Å². The minimum atomic E-state index is -0.702. The molecule has 4 nitrogen and oxygen atoms in total. The zero-order chi connectivity index (χ0) is 29.4. The van der Waals surface area contributed by atoms with E-state index < -0.39 is 5.97 Å². The lowest BCUT2D eigenvalue weighted by atomic mass is 10.0. The molecule has 1 atom stereocenters. The first-order chi connectivity index (χ1) is 19.6. The minimum absolute atomic E-state index is 0.0490. The number of ether oxygens (including phenoxy) is 1. The fourth-order valence-electron chi connectivity index (χ4n) is 4.59. The van der Waals surface area contributed by atoms with Crippen molar-refractivity contribution in [3.63, 3.8) is 0 Å². The molecule has 230 valence electrons. The molecule has 0 aromatic carbocycles. The van der Waals surface area contributed by atoms with E-state index in [2.05, 4.69) is 62.5 Å². The quantitative estimate of drug-likeness (QED) is 0.0563. The van der Waals surface area contributed by atoms with Crippen LogP contribution in [0.4, 0.5) is 0 Å². The molecule has 0 radical (unpaired) electrons. The Kier molecular flexibility index (Phi) is 29.8. The first kappa shape index (κ1) is 37.9. The summed E-state index contributed by atoms with van der Waals surface area (Å²) in [6.45, 7) is 4.45. The second kappa shape index (κ2) is 31.4. The van der Waals surface area contributed by atoms with E-state index >= 15 is 0 Å². The molecule has 0 spiro atoms. The summed E-state index contributed by atoms with van der Waals surface area (Å²) in [6, 6.07) is 0. The summed E-state index contributed by atoms with van der Waals surface area (Å²) in [5.74, 6) is -0.753. The van der Waals surface area contributed by atoms with Gasteiger partial charge in [0, 0.05) is 12.8 Å². The number of hydrogen-bond donors (Lipinski definition) is 1. The molecule has 0 aliphatic rings. The summed E-state index contributed by atoms with van der Waals surface area (Å²) in [4.78, 5) is 23.0. The second-order valence-electron chi connectivity index (χ2n) is 11.0. The van der Waals surface area contributed by atoms with Crippen molar-refractivity contribution in [2.75, 3.05) is 0 Å². The Morgan fingerprint density at radius 1 is 0.550 bits per heavy atom. The van der Waals surface area contributed by atoms with Gasteiger partial charge in [0.05, 0.1) is 0 Å². The van der Waals surface area contributed by atoms with Crippen LogP contribution in [0.15, 0.2) is 48.6 Å². The average molecular weight is 559 g/mol. The number of carboxylic acid groups (broad SMARTS) is 1. The van der Waals surface area contributed by atoms with Gasteiger partial charge in [0.2, 0.25) is 0 Å². The third-order valence-electron chi connectivity index (χ3n) is 7.05. The zero-order valence-corrected chi connectivity index (χ0v) is 26.1. The van der Waals surface area contributed by atoms with Gasteiger partial charge in [-0.05, 0) is 77.0 Å². The number of hydrogen-bond acceptors (Lipinski definition) is 3. The molecule has 1 unspecified atom stereocenters. The van der Waals surface area contributed by atoms with Crippen LogP contribution in [0.3, 0.4) is 0 Å². The highest BCUT2D eigenvalue weighted by atomic mass is 16.5. The number of rotatable bonds is 29. The number of carboxylic acids is 1. The van der Waals surface area contributed by atoms with Gasteiger partial charge >= 0.3 is 11.9 Å². The fraction of sp³-hybridized carbons (Fsp3) is 0.722. The standard InChI is InChI=1S/C36H62O4/c1-3-5-7-9-10-11-12-13-14-15-16-17-18-19-20-25-29-33-36(39)40-34(30-26-8-6-4-2)31-27-23-21-22-24-28-32-35(37)38/h10-11,13-14,16-17,19-20,34H,3-9,12,15,18,21-33H2,1-2H3,(H,37,38)/b11-10-,14-13-,17-16-,20-19-. The molecule has 0 aliphatic carbocycles. The second-order valence-corrected chi connectivity index (χ2v) is 11.0. The van der Waals surface area contributed by atoms with Gasteiger partial charge in [-0.15, -0.1) is 0 Å². The Bertz CT molecular complexity index is 689. The Labute approximate surface area is 247 Å². The summed E-state index contributed by atoms with van der Waals surface area (Å²) in [5.41, 5.74) is 0. The lowest BCUT2D eigenvalue weighted by molar-refractivity contribution is -0.150. The predicted octanol–water partition coefficient (Wildman–Crippen LogP) is 11.2. The summed E-state index contributed by atoms with van der Waals surface area (Å²) in [7, 11) is 0. The zero-order valence-electron chi connectivity index (χ0n) is 26.1. The van der Waals surface area contributed by atoms with Gasteiger partial charge in [0.25, 0.3) is 0 Å². The number of carbonyl (C=O) groups is 2. The molecule has 0 saturated carbocycles. The first-order valence-corrected chi connectivity index (χ1v) is 16.6. The molecule has 0 aromatic rings. The van der Waals surface area contributed by atoms with Crippen molar-refractivity contribution in [3.05, 3.63) is 48.6 Å². The van der Waals surface area contributed by atoms with Gasteiger partial charge in [-0.3, -0.25) is 9.59 Å². The van der Waals surface area contributed by atoms with Gasteiger partial charge < -0.3 is 9.84 Å². The molecule has 0 heterocycles. The van der Waals surface area contributed by atoms with Crippen molar-refractivity contribution in [3.8, 4) is 0 Å². The highest BCUT2D eigenvalue weighted by Gasteiger charge is 2.14. The third kappa shape index (κ3) is 30.4. The van der Waals surface area contributed by atoms with E-state index in [-0.39, 0.29) is 18.5 Å². The van der Waals surface area contributed by atoms with Crippen LogP contribution < -0.4 is 0 Å². The van der Waals surface area contributed by atoms with Gasteiger partial charge in [-0.1, -0.05) is 120 Å². The Balaban J connectivity index is 3.98. The van der Waals surface area contributed by atoms with E-state index in [1.54, 1.807) is 0 Å². The molecular formula is C36H62O4. The van der Waals surface area contributed by atoms with E-state index in [9.17, 15) is 9.59 Å². The Morgan fingerprint density at radius 2 is 1.00 bits per heavy atom. The minimum Gasteiger partial charge on any atom is -0.481 e. The van der Waals surface area contributed by atoms with Crippen LogP contribution in [0.1, 0.15) is 162 Å². The summed E-state index contributed by atoms with van der Waals surface area (Å²) in [6.07, 6.45) is 41.3. The van der Waals surface area contributed by atoms with Crippen molar-refractivity contribution in [1.82, 2.24) is 0 Å². The van der Waals surface area contributed by atoms with Crippen LogP contribution in [-0.2, 0) is 14.3 Å². The van der Waals surface area contributed by atoms with E-state index in [1.165, 1.54) is 44.9 Å². The van der Waals surface area contributed by atoms with E-state index in [4.69, 9.17) is 9.84 Å². The molecule has 0 aliphatic heterocycles. The number of esters is 1. The van der Waals surface area contributed by atoms with Crippen LogP contribution in [0.25, 0.3) is 0 Å². The topological polar surface area (TPSA) is 63.6 Å². The summed E-state index contributed by atoms with van der Waals surface area (Å²) < 4.78 is 5.88. The molecular weight excluding hydrogens is 496 g/mol. The van der Waals surface area contributed by atoms with Crippen molar-refractivity contribution in [1.29, 1.82) is 0 Å². The number of allylic oxidation sites excluding steroid dienone is 8. The van der Waals surface area contributed by atoms with Crippen LogP contribution in [0.5, 0.6) is 0 Å². The van der Waals surface area contributed by atoms with Crippen molar-refractivity contribution < 1.29 is 19.4 Å². The van der Waals surface area contributed by atoms with Gasteiger partial charge in [-0.2, -0.15) is 0 Å². The highest BCUT2D eigenvalue weighted by Crippen LogP contribution is 2.17. The van der Waals surface area contributed by atoms with Crippen LogP contribution >= 0.6 is 0 Å². The number of carbonyl (C=O) groups excluding carboxylic acids is 1. The smallest absolute Gasteiger partial charge is 0.306 e. The van der Waals surface area contributed by atoms with E-state index in [0.717, 1.165) is 89.9 Å². The maximum Gasteiger partial charge on any atom is 0.306 e. The normalized spacial score (nSPS) is 12.8. The SMILES string of the molecule is CCCCC/C=C\C/C=C\C/C=C\C/C=C\CCCC(=O)OC(CCCCCC)CCCCCCCCC(=O)O. The van der Waals surface area contributed by atoms with Crippen LogP contribution in [0.2, 0.25) is 0 Å². The maximum absolute atomic E-state index is 12.4. The molecule has 0 aromatic heterocycles. The highest BCUT2D eigenvalue weighted by molar-refractivity contribution is 5.69. The van der Waals surface area contributed by atoms with Crippen molar-refractivity contribution in [2.24, 2.45) is 0 Å². The fourth-order valence-corrected chi connectivity index (χ4v) is 4.59. The maximum atomic E-state index is 12.4. The van der Waals surface area contributed by atoms with Crippen LogP contribution in [-0.4, -0.2) is 23.1 Å². The lowest BCUT2D eigenvalue weighted by Gasteiger charge is -2.18. The first-order valence-electron chi connectivity index (χ1n) is 16.6. The van der Waals surface area contributed by atoms with Gasteiger partial charge in [0.15, 0.2) is 0 Å². The molecule has 40 heavy (non-hydrogen) atoms. The van der Waals surface area contributed by atoms with Crippen LogP contribution in [0, 0.1) is 0 Å². The van der Waals surface area contributed by atoms with Gasteiger partial charge in [0.1, 0.15) is 6.10 Å². The predicted molar refractivity (Wildman–Crippen MR) is 172 cm³/mol. The number of aliphatic carboxylic acids is 1. The van der Waals surface area contributed by atoms with E-state index in [1.807, 2.05) is 0 Å². The molecule has 0 bridgehead atoms. The third-order valence-corrected chi connectivity index (χ3v) is 7.05. The molecule has 1 N–H and O–H groups in total. The molecule has 0 rings (SSSR count). The Morgan fingerprint density at radius 3 is 1.55 bits per heavy atom. The summed E-state index contributed by atoms with van der Waals surface area (Å²) >= 11 is 0.